The van der Waals surface area contributed by atoms with Gasteiger partial charge in [-0.15, -0.1) is 5.10 Å². The lowest BCUT2D eigenvalue weighted by Gasteiger charge is -2.22. The van der Waals surface area contributed by atoms with Crippen LogP contribution in [0.3, 0.4) is 0 Å². The van der Waals surface area contributed by atoms with E-state index in [1.54, 1.807) is 0 Å². The summed E-state index contributed by atoms with van der Waals surface area (Å²) in [5.41, 5.74) is 1.21. The Bertz CT molecular complexity index is 536. The molecule has 0 atom stereocenters. The average Bonchev–Trinajstić information content (AvgIpc) is 3.05. The molecule has 0 aromatic carbocycles. The Hall–Kier alpha value is -1.64. The van der Waals surface area contributed by atoms with Gasteiger partial charge in [-0.2, -0.15) is 13.2 Å². The van der Waals surface area contributed by atoms with Gasteiger partial charge in [-0.3, -0.25) is 0 Å². The van der Waals surface area contributed by atoms with Crippen molar-refractivity contribution >= 4 is 5.97 Å². The largest absolute Gasteiger partial charge is 0.490 e. The third-order valence-electron chi connectivity index (χ3n) is 4.71. The molecule has 0 bridgehead atoms. The van der Waals surface area contributed by atoms with E-state index in [0.717, 1.165) is 25.4 Å². The highest BCUT2D eigenvalue weighted by molar-refractivity contribution is 5.73. The number of carboxylic acid groups (broad SMARTS) is 1. The first kappa shape index (κ1) is 19.7. The Morgan fingerprint density at radius 3 is 2.36 bits per heavy atom. The number of rotatable bonds is 3. The zero-order chi connectivity index (χ0) is 18.3. The Balaban J connectivity index is 0.000000277. The lowest BCUT2D eigenvalue weighted by Crippen LogP contribution is -2.29. The third-order valence-corrected chi connectivity index (χ3v) is 4.71. The van der Waals surface area contributed by atoms with Crippen LogP contribution >= 0.6 is 0 Å². The predicted molar refractivity (Wildman–Crippen MR) is 85.1 cm³/mol. The second kappa shape index (κ2) is 9.17. The van der Waals surface area contributed by atoms with Crippen LogP contribution in [-0.2, 0) is 11.2 Å². The molecule has 0 spiro atoms. The SMILES string of the molecule is O=C(O)C(F)(F)F.c1c(CC2CCCCC2)nnn1C1CCNCC1. The smallest absolute Gasteiger partial charge is 0.475 e. The zero-order valence-electron chi connectivity index (χ0n) is 14.1. The minimum Gasteiger partial charge on any atom is -0.475 e. The molecule has 2 N–H and O–H groups in total. The normalized spacial score (nSPS) is 20.0. The van der Waals surface area contributed by atoms with Crippen molar-refractivity contribution in [2.45, 2.75) is 63.6 Å². The van der Waals surface area contributed by atoms with Crippen molar-refractivity contribution in [1.29, 1.82) is 0 Å². The number of hydrogen-bond donors (Lipinski definition) is 2. The quantitative estimate of drug-likeness (QED) is 0.864. The van der Waals surface area contributed by atoms with E-state index in [-0.39, 0.29) is 0 Å². The van der Waals surface area contributed by atoms with Crippen LogP contribution in [0.4, 0.5) is 13.2 Å². The molecular formula is C16H25F3N4O2. The maximum Gasteiger partial charge on any atom is 0.490 e. The summed E-state index contributed by atoms with van der Waals surface area (Å²) < 4.78 is 33.8. The second-order valence-electron chi connectivity index (χ2n) is 6.68. The number of aromatic nitrogens is 3. The number of halogens is 3. The zero-order valence-corrected chi connectivity index (χ0v) is 14.1. The lowest BCUT2D eigenvalue weighted by molar-refractivity contribution is -0.192. The van der Waals surface area contributed by atoms with Gasteiger partial charge in [0, 0.05) is 6.20 Å². The van der Waals surface area contributed by atoms with E-state index in [4.69, 9.17) is 9.90 Å². The number of aliphatic carboxylic acids is 1. The van der Waals surface area contributed by atoms with Gasteiger partial charge in [0.2, 0.25) is 0 Å². The van der Waals surface area contributed by atoms with Crippen LogP contribution in [0.15, 0.2) is 6.20 Å². The van der Waals surface area contributed by atoms with Crippen LogP contribution in [0, 0.1) is 5.92 Å². The maximum absolute atomic E-state index is 10.6. The monoisotopic (exact) mass is 362 g/mol. The molecule has 1 aliphatic carbocycles. The van der Waals surface area contributed by atoms with Crippen molar-refractivity contribution in [3.8, 4) is 0 Å². The van der Waals surface area contributed by atoms with E-state index in [0.29, 0.717) is 6.04 Å². The minimum atomic E-state index is -5.08. The number of carboxylic acids is 1. The van der Waals surface area contributed by atoms with Crippen molar-refractivity contribution in [3.63, 3.8) is 0 Å². The van der Waals surface area contributed by atoms with Gasteiger partial charge in [0.05, 0.1) is 11.7 Å². The molecule has 25 heavy (non-hydrogen) atoms. The number of alkyl halides is 3. The van der Waals surface area contributed by atoms with E-state index in [2.05, 4.69) is 26.5 Å². The average molecular weight is 362 g/mol. The molecule has 0 unspecified atom stereocenters. The van der Waals surface area contributed by atoms with Crippen molar-refractivity contribution in [1.82, 2.24) is 20.3 Å². The summed E-state index contributed by atoms with van der Waals surface area (Å²) in [5, 5.41) is 19.2. The molecule has 2 heterocycles. The van der Waals surface area contributed by atoms with Gasteiger partial charge in [0.15, 0.2) is 0 Å². The topological polar surface area (TPSA) is 80.0 Å². The molecule has 2 fully saturated rings. The molecule has 3 rings (SSSR count). The second-order valence-corrected chi connectivity index (χ2v) is 6.68. The van der Waals surface area contributed by atoms with E-state index >= 15 is 0 Å². The van der Waals surface area contributed by atoms with Gasteiger partial charge in [-0.1, -0.05) is 37.3 Å². The van der Waals surface area contributed by atoms with Gasteiger partial charge < -0.3 is 10.4 Å². The van der Waals surface area contributed by atoms with Gasteiger partial charge in [-0.05, 0) is 38.3 Å². The number of nitrogens with zero attached hydrogens (tertiary/aromatic N) is 3. The Kier molecular flexibility index (Phi) is 7.22. The predicted octanol–water partition coefficient (Wildman–Crippen LogP) is 2.96. The highest BCUT2D eigenvalue weighted by atomic mass is 19.4. The molecule has 1 aliphatic heterocycles. The van der Waals surface area contributed by atoms with Crippen LogP contribution in [-0.4, -0.2) is 45.3 Å². The first-order valence-corrected chi connectivity index (χ1v) is 8.78. The first-order valence-electron chi connectivity index (χ1n) is 8.78. The Morgan fingerprint density at radius 1 is 1.20 bits per heavy atom. The van der Waals surface area contributed by atoms with Crippen LogP contribution < -0.4 is 5.32 Å². The third kappa shape index (κ3) is 6.64. The molecular weight excluding hydrogens is 337 g/mol. The van der Waals surface area contributed by atoms with E-state index in [9.17, 15) is 13.2 Å². The molecule has 1 aromatic rings. The van der Waals surface area contributed by atoms with E-state index in [1.165, 1.54) is 50.6 Å². The number of carbonyl (C=O) groups is 1. The molecule has 1 saturated carbocycles. The summed E-state index contributed by atoms with van der Waals surface area (Å²) >= 11 is 0. The standard InChI is InChI=1S/C14H24N4.C2HF3O2/c1-2-4-12(5-3-1)10-13-11-18(17-16-13)14-6-8-15-9-7-14;3-2(4,5)1(6)7/h11-12,14-15H,1-10H2;(H,6,7). The van der Waals surface area contributed by atoms with Gasteiger partial charge >= 0.3 is 12.1 Å². The number of hydrogen-bond acceptors (Lipinski definition) is 4. The highest BCUT2D eigenvalue weighted by Crippen LogP contribution is 2.26. The Morgan fingerprint density at radius 2 is 1.80 bits per heavy atom. The summed E-state index contributed by atoms with van der Waals surface area (Å²) in [6.07, 6.45) is 7.66. The summed E-state index contributed by atoms with van der Waals surface area (Å²) in [5.74, 6) is -1.90. The summed E-state index contributed by atoms with van der Waals surface area (Å²) in [4.78, 5) is 8.90. The van der Waals surface area contributed by atoms with Crippen molar-refractivity contribution in [3.05, 3.63) is 11.9 Å². The van der Waals surface area contributed by atoms with Crippen molar-refractivity contribution < 1.29 is 23.1 Å². The molecule has 142 valence electrons. The van der Waals surface area contributed by atoms with Crippen LogP contribution in [0.25, 0.3) is 0 Å². The molecule has 1 aromatic heterocycles. The van der Waals surface area contributed by atoms with Crippen LogP contribution in [0.1, 0.15) is 56.7 Å². The molecule has 9 heteroatoms. The van der Waals surface area contributed by atoms with E-state index < -0.39 is 12.1 Å². The molecule has 0 amide bonds. The van der Waals surface area contributed by atoms with Crippen LogP contribution in [0.2, 0.25) is 0 Å². The van der Waals surface area contributed by atoms with E-state index in [1.807, 2.05) is 0 Å². The minimum absolute atomic E-state index is 0.568. The fourth-order valence-electron chi connectivity index (χ4n) is 3.34. The van der Waals surface area contributed by atoms with Gasteiger partial charge in [0.25, 0.3) is 0 Å². The fourth-order valence-corrected chi connectivity index (χ4v) is 3.34. The summed E-state index contributed by atoms with van der Waals surface area (Å²) in [7, 11) is 0. The van der Waals surface area contributed by atoms with Gasteiger partial charge in [-0.25, -0.2) is 9.48 Å². The highest BCUT2D eigenvalue weighted by Gasteiger charge is 2.38. The van der Waals surface area contributed by atoms with Crippen molar-refractivity contribution in [2.24, 2.45) is 5.92 Å². The summed E-state index contributed by atoms with van der Waals surface area (Å²) in [6, 6.07) is 0.568. The number of piperidine rings is 1. The van der Waals surface area contributed by atoms with Crippen LogP contribution in [0.5, 0.6) is 0 Å². The maximum atomic E-state index is 10.6. The lowest BCUT2D eigenvalue weighted by atomic mass is 9.86. The van der Waals surface area contributed by atoms with Crippen molar-refractivity contribution in [2.75, 3.05) is 13.1 Å². The number of nitrogens with one attached hydrogen (secondary N) is 1. The molecule has 6 nitrogen and oxygen atoms in total. The fraction of sp³-hybridized carbons (Fsp3) is 0.812. The van der Waals surface area contributed by atoms with Gasteiger partial charge in [0.1, 0.15) is 0 Å². The molecule has 1 saturated heterocycles. The first-order chi connectivity index (χ1) is 11.9. The molecule has 0 radical (unpaired) electrons. The Labute approximate surface area is 144 Å². The summed E-state index contributed by atoms with van der Waals surface area (Å²) in [6.45, 7) is 2.23. The molecule has 2 aliphatic rings.